The lowest BCUT2D eigenvalue weighted by Crippen LogP contribution is -2.38. The number of sulfone groups is 1. The molecular weight excluding hydrogens is 404 g/mol. The summed E-state index contributed by atoms with van der Waals surface area (Å²) in [6.45, 7) is 0.561. The van der Waals surface area contributed by atoms with E-state index in [2.05, 4.69) is 4.99 Å². The van der Waals surface area contributed by atoms with Crippen molar-refractivity contribution in [1.29, 1.82) is 0 Å². The van der Waals surface area contributed by atoms with Gasteiger partial charge >= 0.3 is 0 Å². The predicted molar refractivity (Wildman–Crippen MR) is 107 cm³/mol. The maximum Gasteiger partial charge on any atom is 0.277 e. The number of amidine groups is 1. The molecule has 3 saturated heterocycles. The fourth-order valence-corrected chi connectivity index (χ4v) is 7.68. The van der Waals surface area contributed by atoms with Crippen LogP contribution in [0.5, 0.6) is 11.5 Å². The quantitative estimate of drug-likeness (QED) is 0.715. The van der Waals surface area contributed by atoms with Crippen LogP contribution in [0.2, 0.25) is 0 Å². The van der Waals surface area contributed by atoms with Gasteiger partial charge in [0.15, 0.2) is 15.0 Å². The number of ether oxygens (including phenoxy) is 3. The second kappa shape index (κ2) is 7.57. The number of nitrogens with zero attached hydrogens (tertiary/aromatic N) is 2. The van der Waals surface area contributed by atoms with Crippen LogP contribution in [-0.4, -0.2) is 69.2 Å². The fourth-order valence-electron chi connectivity index (χ4n) is 3.77. The van der Waals surface area contributed by atoms with Crippen molar-refractivity contribution < 1.29 is 27.4 Å². The Morgan fingerprint density at radius 2 is 2.11 bits per heavy atom. The number of fused-ring (bicyclic) bond motifs is 1. The van der Waals surface area contributed by atoms with Crippen molar-refractivity contribution >= 4 is 38.4 Å². The van der Waals surface area contributed by atoms with E-state index in [9.17, 15) is 13.2 Å². The third-order valence-electron chi connectivity index (χ3n) is 5.12. The molecule has 3 fully saturated rings. The number of methoxy groups -OCH3 is 2. The Labute approximate surface area is 168 Å². The standard InChI is InChI=1S/C18H22N2O6S2/c1-24-11-5-6-14(25-2)12(8-11)20-13-9-28(22,23)10-16(13)27-18(20)19-17(21)15-4-3-7-26-15/h5-6,8,13,15-16H,3-4,7,9-10H2,1-2H3/t13-,15-,16+/m0/s1. The highest BCUT2D eigenvalue weighted by Gasteiger charge is 2.50. The Balaban J connectivity index is 1.76. The van der Waals surface area contributed by atoms with Gasteiger partial charge in [0.1, 0.15) is 17.6 Å². The van der Waals surface area contributed by atoms with Gasteiger partial charge in [0, 0.05) is 17.9 Å². The van der Waals surface area contributed by atoms with Gasteiger partial charge in [-0.25, -0.2) is 8.42 Å². The Bertz CT molecular complexity index is 911. The van der Waals surface area contributed by atoms with E-state index >= 15 is 0 Å². The predicted octanol–water partition coefficient (Wildman–Crippen LogP) is 1.48. The second-order valence-electron chi connectivity index (χ2n) is 6.94. The highest BCUT2D eigenvalue weighted by Crippen LogP contribution is 2.45. The summed E-state index contributed by atoms with van der Waals surface area (Å²) >= 11 is 1.33. The SMILES string of the molecule is COc1ccc(OC)c(N2C(=NC(=O)[C@@H]3CCCO3)S[C@@H]3CS(=O)(=O)C[C@@H]32)c1. The van der Waals surface area contributed by atoms with E-state index in [1.807, 2.05) is 4.90 Å². The number of aliphatic imine (C=N–C) groups is 1. The van der Waals surface area contributed by atoms with E-state index in [1.165, 1.54) is 11.8 Å². The number of benzene rings is 1. The van der Waals surface area contributed by atoms with Crippen LogP contribution < -0.4 is 14.4 Å². The van der Waals surface area contributed by atoms with Gasteiger partial charge < -0.3 is 19.1 Å². The molecule has 8 nitrogen and oxygen atoms in total. The van der Waals surface area contributed by atoms with E-state index in [0.29, 0.717) is 35.4 Å². The van der Waals surface area contributed by atoms with E-state index in [0.717, 1.165) is 6.42 Å². The summed E-state index contributed by atoms with van der Waals surface area (Å²) in [6.07, 6.45) is 0.973. The van der Waals surface area contributed by atoms with E-state index in [1.54, 1.807) is 32.4 Å². The third-order valence-corrected chi connectivity index (χ3v) is 8.33. The summed E-state index contributed by atoms with van der Waals surface area (Å²) in [5.41, 5.74) is 0.637. The minimum absolute atomic E-state index is 0.0121. The Morgan fingerprint density at radius 3 is 2.79 bits per heavy atom. The van der Waals surface area contributed by atoms with Gasteiger partial charge in [-0.3, -0.25) is 4.79 Å². The number of rotatable bonds is 4. The summed E-state index contributed by atoms with van der Waals surface area (Å²) in [5, 5.41) is 0.300. The lowest BCUT2D eigenvalue weighted by molar-refractivity contribution is -0.126. The minimum atomic E-state index is -3.15. The van der Waals surface area contributed by atoms with Crippen molar-refractivity contribution in [2.24, 2.45) is 4.99 Å². The highest BCUT2D eigenvalue weighted by atomic mass is 32.2. The van der Waals surface area contributed by atoms with Gasteiger partial charge in [0.2, 0.25) is 0 Å². The highest BCUT2D eigenvalue weighted by molar-refractivity contribution is 8.16. The first-order valence-electron chi connectivity index (χ1n) is 9.04. The summed E-state index contributed by atoms with van der Waals surface area (Å²) in [4.78, 5) is 18.7. The number of anilines is 1. The fraction of sp³-hybridized carbons (Fsp3) is 0.556. The second-order valence-corrected chi connectivity index (χ2v) is 10.3. The smallest absolute Gasteiger partial charge is 0.277 e. The molecule has 0 saturated carbocycles. The number of thioether (sulfide) groups is 1. The molecule has 3 aliphatic heterocycles. The Hall–Kier alpha value is -1.78. The van der Waals surface area contributed by atoms with Gasteiger partial charge in [0.05, 0.1) is 37.5 Å². The largest absolute Gasteiger partial charge is 0.497 e. The molecule has 10 heteroatoms. The third kappa shape index (κ3) is 3.60. The van der Waals surface area contributed by atoms with Crippen molar-refractivity contribution in [3.05, 3.63) is 18.2 Å². The molecule has 0 aliphatic carbocycles. The number of carbonyl (C=O) groups excluding carboxylic acids is 1. The zero-order valence-corrected chi connectivity index (χ0v) is 17.3. The number of carbonyl (C=O) groups is 1. The molecule has 0 aromatic heterocycles. The molecule has 3 heterocycles. The maximum absolute atomic E-state index is 12.6. The summed E-state index contributed by atoms with van der Waals surface area (Å²) in [7, 11) is -0.0424. The number of hydrogen-bond acceptors (Lipinski definition) is 7. The monoisotopic (exact) mass is 426 g/mol. The van der Waals surface area contributed by atoms with Gasteiger partial charge in [-0.15, -0.1) is 0 Å². The topological polar surface area (TPSA) is 94.5 Å². The van der Waals surface area contributed by atoms with Gasteiger partial charge in [-0.05, 0) is 25.0 Å². The first-order valence-corrected chi connectivity index (χ1v) is 11.7. The average Bonchev–Trinajstić information content (AvgIpc) is 3.36. The van der Waals surface area contributed by atoms with Crippen LogP contribution in [-0.2, 0) is 19.4 Å². The summed E-state index contributed by atoms with van der Waals surface area (Å²) in [6, 6.07) is 4.99. The molecule has 0 N–H and O–H groups in total. The van der Waals surface area contributed by atoms with Crippen molar-refractivity contribution in [1.82, 2.24) is 0 Å². The summed E-state index contributed by atoms with van der Waals surface area (Å²) < 4.78 is 40.7. The molecule has 28 heavy (non-hydrogen) atoms. The molecule has 1 amide bonds. The van der Waals surface area contributed by atoms with E-state index in [4.69, 9.17) is 14.2 Å². The van der Waals surface area contributed by atoms with E-state index in [-0.39, 0.29) is 28.7 Å². The normalized spacial score (nSPS) is 29.9. The first-order chi connectivity index (χ1) is 13.4. The Morgan fingerprint density at radius 1 is 1.29 bits per heavy atom. The molecule has 1 aromatic carbocycles. The molecule has 3 aliphatic rings. The first kappa shape index (κ1) is 19.5. The van der Waals surface area contributed by atoms with Crippen molar-refractivity contribution in [2.75, 3.05) is 37.2 Å². The van der Waals surface area contributed by atoms with Crippen LogP contribution in [0.3, 0.4) is 0 Å². The molecule has 152 valence electrons. The van der Waals surface area contributed by atoms with Crippen LogP contribution in [0, 0.1) is 0 Å². The lowest BCUT2D eigenvalue weighted by atomic mass is 10.2. The zero-order chi connectivity index (χ0) is 19.9. The lowest BCUT2D eigenvalue weighted by Gasteiger charge is -2.26. The molecule has 0 radical (unpaired) electrons. The Kier molecular flexibility index (Phi) is 5.28. The molecule has 0 bridgehead atoms. The van der Waals surface area contributed by atoms with Gasteiger partial charge in [0.25, 0.3) is 5.91 Å². The van der Waals surface area contributed by atoms with E-state index < -0.39 is 15.9 Å². The average molecular weight is 427 g/mol. The maximum atomic E-state index is 12.6. The van der Waals surface area contributed by atoms with Crippen LogP contribution in [0.4, 0.5) is 5.69 Å². The molecule has 1 aromatic rings. The number of hydrogen-bond donors (Lipinski definition) is 0. The van der Waals surface area contributed by atoms with Gasteiger partial charge in [-0.2, -0.15) is 4.99 Å². The zero-order valence-electron chi connectivity index (χ0n) is 15.7. The van der Waals surface area contributed by atoms with Crippen molar-refractivity contribution in [2.45, 2.75) is 30.2 Å². The summed E-state index contributed by atoms with van der Waals surface area (Å²) in [5.74, 6) is 0.921. The molecule has 4 rings (SSSR count). The molecular formula is C18H22N2O6S2. The van der Waals surface area contributed by atoms with Crippen LogP contribution in [0.1, 0.15) is 12.8 Å². The van der Waals surface area contributed by atoms with Crippen molar-refractivity contribution in [3.8, 4) is 11.5 Å². The molecule has 3 atom stereocenters. The number of amides is 1. The van der Waals surface area contributed by atoms with Crippen molar-refractivity contribution in [3.63, 3.8) is 0 Å². The molecule has 0 unspecified atom stereocenters. The molecule has 0 spiro atoms. The van der Waals surface area contributed by atoms with Crippen LogP contribution >= 0.6 is 11.8 Å². The van der Waals surface area contributed by atoms with Crippen LogP contribution in [0.15, 0.2) is 23.2 Å². The minimum Gasteiger partial charge on any atom is -0.497 e. The van der Waals surface area contributed by atoms with Gasteiger partial charge in [-0.1, -0.05) is 11.8 Å². The van der Waals surface area contributed by atoms with Crippen LogP contribution in [0.25, 0.3) is 0 Å².